The Balaban J connectivity index is 0.000000980. The van der Waals surface area contributed by atoms with Crippen molar-refractivity contribution in [1.82, 2.24) is 15.3 Å². The van der Waals surface area contributed by atoms with Crippen molar-refractivity contribution in [2.45, 2.75) is 37.5 Å². The average Bonchev–Trinajstić information content (AvgIpc) is 3.28. The second kappa shape index (κ2) is 7.16. The highest BCUT2D eigenvalue weighted by molar-refractivity contribution is 6.30. The van der Waals surface area contributed by atoms with E-state index in [1.54, 1.807) is 6.33 Å². The van der Waals surface area contributed by atoms with Gasteiger partial charge < -0.3 is 10.2 Å². The van der Waals surface area contributed by atoms with Gasteiger partial charge in [-0.25, -0.2) is 9.97 Å². The molecule has 1 aliphatic carbocycles. The van der Waals surface area contributed by atoms with Crippen LogP contribution in [-0.4, -0.2) is 29.6 Å². The first-order chi connectivity index (χ1) is 11.7. The van der Waals surface area contributed by atoms with E-state index in [1.807, 2.05) is 6.07 Å². The number of hydrogen-bond donors (Lipinski definition) is 1. The molecule has 0 amide bonds. The fourth-order valence-corrected chi connectivity index (χ4v) is 4.95. The molecule has 140 valence electrons. The van der Waals surface area contributed by atoms with Gasteiger partial charge in [0.15, 0.2) is 0 Å². The lowest BCUT2D eigenvalue weighted by Gasteiger charge is -2.26. The zero-order chi connectivity index (χ0) is 16.3. The fourth-order valence-electron chi connectivity index (χ4n) is 4.78. The van der Waals surface area contributed by atoms with Crippen molar-refractivity contribution in [3.05, 3.63) is 46.4 Å². The molecule has 0 saturated carbocycles. The smallest absolute Gasteiger partial charge is 0.140 e. The van der Waals surface area contributed by atoms with Crippen LogP contribution in [0.5, 0.6) is 0 Å². The highest BCUT2D eigenvalue weighted by Crippen LogP contribution is 2.50. The second-order valence-corrected chi connectivity index (χ2v) is 7.89. The first kappa shape index (κ1) is 19.7. The quantitative estimate of drug-likeness (QED) is 0.752. The van der Waals surface area contributed by atoms with Gasteiger partial charge in [-0.3, -0.25) is 0 Å². The molecule has 2 aromatic rings. The zero-order valence-electron chi connectivity index (χ0n) is 14.7. The molecule has 0 radical (unpaired) electrons. The summed E-state index contributed by atoms with van der Waals surface area (Å²) in [7, 11) is 0. The normalized spacial score (nSPS) is 25.6. The van der Waals surface area contributed by atoms with E-state index in [9.17, 15) is 0 Å². The molecule has 2 aliphatic heterocycles. The number of halogens is 3. The Morgan fingerprint density at radius 2 is 2.12 bits per heavy atom. The molecule has 7 heteroatoms. The minimum Gasteiger partial charge on any atom is -0.325 e. The highest BCUT2D eigenvalue weighted by atomic mass is 35.5. The van der Waals surface area contributed by atoms with Crippen LogP contribution in [0.25, 0.3) is 0 Å². The van der Waals surface area contributed by atoms with Crippen LogP contribution >= 0.6 is 36.4 Å². The van der Waals surface area contributed by atoms with Crippen molar-refractivity contribution in [3.8, 4) is 0 Å². The number of anilines is 2. The monoisotopic (exact) mass is 412 g/mol. The van der Waals surface area contributed by atoms with Crippen LogP contribution in [-0.2, 0) is 11.8 Å². The van der Waals surface area contributed by atoms with Crippen molar-refractivity contribution < 1.29 is 0 Å². The van der Waals surface area contributed by atoms with E-state index in [1.165, 1.54) is 28.9 Å². The first-order valence-electron chi connectivity index (χ1n) is 8.80. The van der Waals surface area contributed by atoms with Crippen molar-refractivity contribution in [2.75, 3.05) is 24.5 Å². The van der Waals surface area contributed by atoms with Gasteiger partial charge in [-0.1, -0.05) is 18.5 Å². The van der Waals surface area contributed by atoms with E-state index >= 15 is 0 Å². The van der Waals surface area contributed by atoms with Crippen LogP contribution in [0, 0.1) is 0 Å². The third kappa shape index (κ3) is 2.78. The molecule has 3 heterocycles. The summed E-state index contributed by atoms with van der Waals surface area (Å²) in [6.45, 7) is 5.36. The summed E-state index contributed by atoms with van der Waals surface area (Å²) < 4.78 is 0. The molecule has 1 saturated heterocycles. The van der Waals surface area contributed by atoms with Gasteiger partial charge in [0, 0.05) is 40.5 Å². The van der Waals surface area contributed by atoms with Gasteiger partial charge in [-0.2, -0.15) is 0 Å². The number of rotatable bonds is 1. The third-order valence-corrected chi connectivity index (χ3v) is 6.27. The summed E-state index contributed by atoms with van der Waals surface area (Å²) >= 11 is 6.33. The summed E-state index contributed by atoms with van der Waals surface area (Å²) in [6.07, 6.45) is 5.13. The molecular formula is C19H23Cl3N4. The summed E-state index contributed by atoms with van der Waals surface area (Å²) in [5.74, 6) is 1.64. The van der Waals surface area contributed by atoms with E-state index in [2.05, 4.69) is 34.3 Å². The van der Waals surface area contributed by atoms with Crippen LogP contribution in [0.15, 0.2) is 24.5 Å². The van der Waals surface area contributed by atoms with Crippen molar-refractivity contribution >= 4 is 47.9 Å². The Labute approximate surface area is 171 Å². The Hall–Kier alpha value is -1.07. The van der Waals surface area contributed by atoms with Gasteiger partial charge in [0.1, 0.15) is 12.1 Å². The van der Waals surface area contributed by atoms with Crippen LogP contribution in [0.2, 0.25) is 5.02 Å². The van der Waals surface area contributed by atoms with Crippen molar-refractivity contribution in [2.24, 2.45) is 0 Å². The van der Waals surface area contributed by atoms with Gasteiger partial charge in [0.05, 0.1) is 0 Å². The summed E-state index contributed by atoms with van der Waals surface area (Å²) in [4.78, 5) is 11.7. The SMILES string of the molecule is C[C@@H]1CCc2ncnc(N3C[C@@]4(CCNC4)c4cc(Cl)ccc43)c21.Cl.Cl. The predicted molar refractivity (Wildman–Crippen MR) is 111 cm³/mol. The van der Waals surface area contributed by atoms with E-state index < -0.39 is 0 Å². The summed E-state index contributed by atoms with van der Waals surface area (Å²) in [6, 6.07) is 6.33. The van der Waals surface area contributed by atoms with E-state index in [0.29, 0.717) is 5.92 Å². The fraction of sp³-hybridized carbons (Fsp3) is 0.474. The van der Waals surface area contributed by atoms with E-state index in [-0.39, 0.29) is 30.2 Å². The number of fused-ring (bicyclic) bond motifs is 3. The molecule has 1 N–H and O–H groups in total. The Kier molecular flexibility index (Phi) is 5.42. The van der Waals surface area contributed by atoms with Crippen LogP contribution in [0.1, 0.15) is 42.5 Å². The standard InChI is InChI=1S/C19H21ClN4.2ClH/c1-12-2-4-15-17(12)18(23-11-22-15)24-10-19(6-7-21-9-19)14-8-13(20)3-5-16(14)24;;/h3,5,8,11-12,21H,2,4,6-7,9-10H2,1H3;2*1H/t12-,19+;;/m1../s1. The zero-order valence-corrected chi connectivity index (χ0v) is 17.1. The third-order valence-electron chi connectivity index (χ3n) is 6.03. The molecule has 1 spiro atoms. The van der Waals surface area contributed by atoms with Gasteiger partial charge in [-0.05, 0) is 55.5 Å². The molecule has 1 aromatic heterocycles. The van der Waals surface area contributed by atoms with Crippen LogP contribution in [0.3, 0.4) is 0 Å². The first-order valence-corrected chi connectivity index (χ1v) is 9.18. The number of benzene rings is 1. The molecule has 1 aromatic carbocycles. The lowest BCUT2D eigenvalue weighted by atomic mass is 9.82. The number of nitrogens with zero attached hydrogens (tertiary/aromatic N) is 3. The Morgan fingerprint density at radius 1 is 1.27 bits per heavy atom. The topological polar surface area (TPSA) is 41.1 Å². The lowest BCUT2D eigenvalue weighted by Crippen LogP contribution is -2.34. The Morgan fingerprint density at radius 3 is 2.88 bits per heavy atom. The molecule has 26 heavy (non-hydrogen) atoms. The van der Waals surface area contributed by atoms with Crippen LogP contribution < -0.4 is 10.2 Å². The molecule has 3 aliphatic rings. The van der Waals surface area contributed by atoms with E-state index in [0.717, 1.165) is 43.3 Å². The Bertz CT molecular complexity index is 820. The van der Waals surface area contributed by atoms with Gasteiger partial charge >= 0.3 is 0 Å². The van der Waals surface area contributed by atoms with Crippen molar-refractivity contribution in [1.29, 1.82) is 0 Å². The maximum atomic E-state index is 6.33. The molecule has 4 nitrogen and oxygen atoms in total. The lowest BCUT2D eigenvalue weighted by molar-refractivity contribution is 0.507. The predicted octanol–water partition coefficient (Wildman–Crippen LogP) is 4.41. The number of nitrogens with one attached hydrogen (secondary N) is 1. The number of aromatic nitrogens is 2. The largest absolute Gasteiger partial charge is 0.325 e. The average molecular weight is 414 g/mol. The number of hydrogen-bond acceptors (Lipinski definition) is 4. The molecule has 2 atom stereocenters. The number of aryl methyl sites for hydroxylation is 1. The minimum absolute atomic E-state index is 0. The molecule has 1 fully saturated rings. The minimum atomic E-state index is 0. The second-order valence-electron chi connectivity index (χ2n) is 7.45. The van der Waals surface area contributed by atoms with Gasteiger partial charge in [-0.15, -0.1) is 24.8 Å². The van der Waals surface area contributed by atoms with Gasteiger partial charge in [0.2, 0.25) is 0 Å². The molecular weight excluding hydrogens is 391 g/mol. The molecule has 5 rings (SSSR count). The maximum absolute atomic E-state index is 6.33. The summed E-state index contributed by atoms with van der Waals surface area (Å²) in [5.41, 5.74) is 5.37. The molecule has 0 unspecified atom stereocenters. The summed E-state index contributed by atoms with van der Waals surface area (Å²) in [5, 5.41) is 4.37. The maximum Gasteiger partial charge on any atom is 0.140 e. The van der Waals surface area contributed by atoms with Gasteiger partial charge in [0.25, 0.3) is 0 Å². The van der Waals surface area contributed by atoms with E-state index in [4.69, 9.17) is 16.6 Å². The molecule has 0 bridgehead atoms. The van der Waals surface area contributed by atoms with Crippen LogP contribution in [0.4, 0.5) is 11.5 Å². The highest BCUT2D eigenvalue weighted by Gasteiger charge is 2.46. The van der Waals surface area contributed by atoms with Crippen molar-refractivity contribution in [3.63, 3.8) is 0 Å².